The van der Waals surface area contributed by atoms with E-state index in [1.807, 2.05) is 74.9 Å². The van der Waals surface area contributed by atoms with Gasteiger partial charge in [-0.1, -0.05) is 30.3 Å². The summed E-state index contributed by atoms with van der Waals surface area (Å²) < 4.78 is 7.66. The molecule has 6 nitrogen and oxygen atoms in total. The molecule has 6 heteroatoms. The number of nitrogens with zero attached hydrogens (tertiary/aromatic N) is 2. The zero-order chi connectivity index (χ0) is 20.2. The Hall–Kier alpha value is -3.12. The SMILES string of the molecule is Cc1cc(OCc2ccccc2)ccc1NC(=O)[C@H]1CNC[C@@H]1c1cnn(C)c1. The third kappa shape index (κ3) is 4.49. The molecule has 0 radical (unpaired) electrons. The zero-order valence-electron chi connectivity index (χ0n) is 16.8. The Bertz CT molecular complexity index is 984. The maximum absolute atomic E-state index is 12.9. The summed E-state index contributed by atoms with van der Waals surface area (Å²) >= 11 is 0. The predicted octanol–water partition coefficient (Wildman–Crippen LogP) is 3.25. The molecule has 0 spiro atoms. The Labute approximate surface area is 170 Å². The van der Waals surface area contributed by atoms with Gasteiger partial charge in [0.25, 0.3) is 0 Å². The van der Waals surface area contributed by atoms with Crippen LogP contribution in [0.15, 0.2) is 60.9 Å². The summed E-state index contributed by atoms with van der Waals surface area (Å²) in [4.78, 5) is 12.9. The molecular weight excluding hydrogens is 364 g/mol. The maximum Gasteiger partial charge on any atom is 0.229 e. The Morgan fingerprint density at radius 3 is 2.79 bits per heavy atom. The van der Waals surface area contributed by atoms with Gasteiger partial charge in [0.1, 0.15) is 12.4 Å². The number of nitrogens with one attached hydrogen (secondary N) is 2. The monoisotopic (exact) mass is 390 g/mol. The minimum absolute atomic E-state index is 0.0323. The fourth-order valence-corrected chi connectivity index (χ4v) is 3.77. The molecule has 0 aliphatic carbocycles. The summed E-state index contributed by atoms with van der Waals surface area (Å²) in [5.74, 6) is 0.843. The van der Waals surface area contributed by atoms with E-state index in [1.165, 1.54) is 0 Å². The number of benzene rings is 2. The summed E-state index contributed by atoms with van der Waals surface area (Å²) in [6.45, 7) is 3.96. The molecule has 1 fully saturated rings. The number of amides is 1. The number of carbonyl (C=O) groups excluding carboxylic acids is 1. The molecule has 3 aromatic rings. The lowest BCUT2D eigenvalue weighted by Crippen LogP contribution is -2.28. The van der Waals surface area contributed by atoms with Crippen LogP contribution in [-0.2, 0) is 18.4 Å². The summed E-state index contributed by atoms with van der Waals surface area (Å²) in [6, 6.07) is 15.8. The first kappa shape index (κ1) is 19.2. The van der Waals surface area contributed by atoms with Crippen LogP contribution in [0.4, 0.5) is 5.69 Å². The van der Waals surface area contributed by atoms with E-state index in [1.54, 1.807) is 4.68 Å². The highest BCUT2D eigenvalue weighted by Crippen LogP contribution is 2.30. The van der Waals surface area contributed by atoms with Crippen molar-refractivity contribution in [3.63, 3.8) is 0 Å². The molecule has 2 heterocycles. The van der Waals surface area contributed by atoms with Crippen LogP contribution in [0.3, 0.4) is 0 Å². The molecule has 2 N–H and O–H groups in total. The molecule has 29 heavy (non-hydrogen) atoms. The van der Waals surface area contributed by atoms with Crippen LogP contribution in [0.1, 0.15) is 22.6 Å². The lowest BCUT2D eigenvalue weighted by Gasteiger charge is -2.18. The molecule has 2 aromatic carbocycles. The first-order valence-corrected chi connectivity index (χ1v) is 9.87. The zero-order valence-corrected chi connectivity index (χ0v) is 16.8. The first-order valence-electron chi connectivity index (χ1n) is 9.87. The predicted molar refractivity (Wildman–Crippen MR) is 113 cm³/mol. The van der Waals surface area contributed by atoms with Crippen molar-refractivity contribution in [3.8, 4) is 5.75 Å². The number of rotatable bonds is 6. The van der Waals surface area contributed by atoms with Gasteiger partial charge in [0.15, 0.2) is 0 Å². The largest absolute Gasteiger partial charge is 0.489 e. The van der Waals surface area contributed by atoms with Crippen molar-refractivity contribution >= 4 is 11.6 Å². The van der Waals surface area contributed by atoms with Gasteiger partial charge in [-0.3, -0.25) is 9.48 Å². The highest BCUT2D eigenvalue weighted by molar-refractivity contribution is 5.94. The third-order valence-electron chi connectivity index (χ3n) is 5.41. The minimum atomic E-state index is -0.118. The second kappa shape index (κ2) is 8.49. The quantitative estimate of drug-likeness (QED) is 0.678. The van der Waals surface area contributed by atoms with Crippen molar-refractivity contribution in [1.29, 1.82) is 0 Å². The highest BCUT2D eigenvalue weighted by Gasteiger charge is 2.34. The van der Waals surface area contributed by atoms with Crippen LogP contribution in [-0.4, -0.2) is 28.8 Å². The Kier molecular flexibility index (Phi) is 5.62. The van der Waals surface area contributed by atoms with E-state index in [0.29, 0.717) is 13.2 Å². The average molecular weight is 390 g/mol. The van der Waals surface area contributed by atoms with Crippen molar-refractivity contribution < 1.29 is 9.53 Å². The number of aryl methyl sites for hydroxylation is 2. The lowest BCUT2D eigenvalue weighted by atomic mass is 9.90. The molecule has 1 aliphatic rings. The fraction of sp³-hybridized carbons (Fsp3) is 0.304. The first-order chi connectivity index (χ1) is 14.1. The van der Waals surface area contributed by atoms with E-state index < -0.39 is 0 Å². The number of anilines is 1. The Morgan fingerprint density at radius 2 is 2.07 bits per heavy atom. The number of carbonyl (C=O) groups is 1. The fourth-order valence-electron chi connectivity index (χ4n) is 3.77. The summed E-state index contributed by atoms with van der Waals surface area (Å²) in [5.41, 5.74) is 4.02. The van der Waals surface area contributed by atoms with E-state index in [9.17, 15) is 4.79 Å². The highest BCUT2D eigenvalue weighted by atomic mass is 16.5. The second-order valence-electron chi connectivity index (χ2n) is 7.56. The van der Waals surface area contributed by atoms with E-state index in [2.05, 4.69) is 15.7 Å². The van der Waals surface area contributed by atoms with E-state index in [0.717, 1.165) is 34.7 Å². The van der Waals surface area contributed by atoms with Gasteiger partial charge in [-0.15, -0.1) is 0 Å². The molecule has 1 saturated heterocycles. The molecule has 0 bridgehead atoms. The molecule has 0 saturated carbocycles. The van der Waals surface area contributed by atoms with Crippen LogP contribution in [0.5, 0.6) is 5.75 Å². The molecule has 1 aliphatic heterocycles. The third-order valence-corrected chi connectivity index (χ3v) is 5.41. The molecular formula is C23H26N4O2. The van der Waals surface area contributed by atoms with Crippen molar-refractivity contribution in [3.05, 3.63) is 77.6 Å². The van der Waals surface area contributed by atoms with E-state index >= 15 is 0 Å². The molecule has 0 unspecified atom stereocenters. The standard InChI is InChI=1S/C23H26N4O2/c1-16-10-19(29-15-17-6-4-3-5-7-17)8-9-22(16)26-23(28)21-13-24-12-20(21)18-11-25-27(2)14-18/h3-11,14,20-21,24H,12-13,15H2,1-2H3,(H,26,28)/t20-,21+/m1/s1. The Balaban J connectivity index is 1.40. The van der Waals surface area contributed by atoms with Crippen molar-refractivity contribution in [2.24, 2.45) is 13.0 Å². The summed E-state index contributed by atoms with van der Waals surface area (Å²) in [7, 11) is 1.89. The van der Waals surface area contributed by atoms with Gasteiger partial charge < -0.3 is 15.4 Å². The molecule has 2 atom stereocenters. The van der Waals surface area contributed by atoms with E-state index in [4.69, 9.17) is 4.74 Å². The van der Waals surface area contributed by atoms with Crippen molar-refractivity contribution in [2.45, 2.75) is 19.4 Å². The molecule has 4 rings (SSSR count). The van der Waals surface area contributed by atoms with Gasteiger partial charge in [0.2, 0.25) is 5.91 Å². The van der Waals surface area contributed by atoms with Gasteiger partial charge in [0.05, 0.1) is 12.1 Å². The van der Waals surface area contributed by atoms with Gasteiger partial charge >= 0.3 is 0 Å². The summed E-state index contributed by atoms with van der Waals surface area (Å²) in [5, 5.41) is 10.7. The number of hydrogen-bond acceptors (Lipinski definition) is 4. The normalized spacial score (nSPS) is 18.6. The van der Waals surface area contributed by atoms with Gasteiger partial charge in [-0.05, 0) is 41.8 Å². The second-order valence-corrected chi connectivity index (χ2v) is 7.56. The van der Waals surface area contributed by atoms with E-state index in [-0.39, 0.29) is 17.7 Å². The van der Waals surface area contributed by atoms with Crippen LogP contribution < -0.4 is 15.4 Å². The smallest absolute Gasteiger partial charge is 0.229 e. The van der Waals surface area contributed by atoms with Gasteiger partial charge in [-0.25, -0.2) is 0 Å². The van der Waals surface area contributed by atoms with Crippen LogP contribution in [0.25, 0.3) is 0 Å². The topological polar surface area (TPSA) is 68.2 Å². The number of ether oxygens (including phenoxy) is 1. The minimum Gasteiger partial charge on any atom is -0.489 e. The maximum atomic E-state index is 12.9. The van der Waals surface area contributed by atoms with Crippen molar-refractivity contribution in [2.75, 3.05) is 18.4 Å². The number of aromatic nitrogens is 2. The average Bonchev–Trinajstić information content (AvgIpc) is 3.38. The summed E-state index contributed by atoms with van der Waals surface area (Å²) in [6.07, 6.45) is 3.84. The lowest BCUT2D eigenvalue weighted by molar-refractivity contribution is -0.119. The Morgan fingerprint density at radius 1 is 1.24 bits per heavy atom. The molecule has 1 amide bonds. The van der Waals surface area contributed by atoms with Crippen molar-refractivity contribution in [1.82, 2.24) is 15.1 Å². The van der Waals surface area contributed by atoms with Crippen LogP contribution in [0, 0.1) is 12.8 Å². The van der Waals surface area contributed by atoms with Gasteiger partial charge in [0, 0.05) is 37.9 Å². The van der Waals surface area contributed by atoms with Crippen LogP contribution >= 0.6 is 0 Å². The number of hydrogen-bond donors (Lipinski definition) is 2. The van der Waals surface area contributed by atoms with Gasteiger partial charge in [-0.2, -0.15) is 5.10 Å². The molecule has 1 aromatic heterocycles. The van der Waals surface area contributed by atoms with Crippen LogP contribution in [0.2, 0.25) is 0 Å². The molecule has 150 valence electrons.